The van der Waals surface area contributed by atoms with Crippen LogP contribution in [0.15, 0.2) is 6.20 Å². The molecule has 0 spiro atoms. The quantitative estimate of drug-likeness (QED) is 0.590. The van der Waals surface area contributed by atoms with Crippen molar-refractivity contribution in [2.45, 2.75) is 31.8 Å². The highest BCUT2D eigenvalue weighted by atomic mass is 16.6. The molecule has 0 radical (unpaired) electrons. The van der Waals surface area contributed by atoms with Crippen LogP contribution in [0.4, 0.5) is 0 Å². The van der Waals surface area contributed by atoms with Crippen LogP contribution < -0.4 is 5.32 Å². The van der Waals surface area contributed by atoms with Gasteiger partial charge in [-0.2, -0.15) is 0 Å². The Balaban J connectivity index is 2.38. The van der Waals surface area contributed by atoms with Gasteiger partial charge >= 0.3 is 0 Å². The van der Waals surface area contributed by atoms with Gasteiger partial charge < -0.3 is 5.32 Å². The maximum atomic E-state index is 11.2. The number of likely N-dealkylation sites (N-methyl/N-ethyl adjacent to an activating group) is 1. The van der Waals surface area contributed by atoms with E-state index in [-0.39, 0.29) is 5.69 Å². The highest BCUT2D eigenvalue weighted by Gasteiger charge is 2.39. The van der Waals surface area contributed by atoms with E-state index in [0.717, 1.165) is 0 Å². The number of hydrogen-bond donors (Lipinski definition) is 1. The van der Waals surface area contributed by atoms with Crippen LogP contribution in [0.1, 0.15) is 33.7 Å². The molecule has 1 aromatic rings. The second-order valence-electron chi connectivity index (χ2n) is 3.86. The lowest BCUT2D eigenvalue weighted by Crippen LogP contribution is -2.40. The molecule has 1 N–H and O–H groups in total. The fourth-order valence-corrected chi connectivity index (χ4v) is 1.99. The number of hydrogen-bond acceptors (Lipinski definition) is 5. The van der Waals surface area contributed by atoms with Crippen molar-refractivity contribution in [2.75, 3.05) is 6.98 Å². The Morgan fingerprint density at radius 2 is 2.56 bits per heavy atom. The lowest BCUT2D eigenvalue weighted by molar-refractivity contribution is -0.535. The van der Waals surface area contributed by atoms with Crippen molar-refractivity contribution < 1.29 is 9.04 Å². The minimum Gasteiger partial charge on any atom is -0.311 e. The third-order valence-corrected chi connectivity index (χ3v) is 2.77. The maximum absolute atomic E-state index is 11.2. The van der Waals surface area contributed by atoms with Gasteiger partial charge in [0.15, 0.2) is 0 Å². The summed E-state index contributed by atoms with van der Waals surface area (Å²) >= 11 is 0. The second kappa shape index (κ2) is 4.13. The first-order valence-corrected chi connectivity index (χ1v) is 5.01. The lowest BCUT2D eigenvalue weighted by Gasteiger charge is -2.25. The molecular formula is C10H14N4O2. The summed E-state index contributed by atoms with van der Waals surface area (Å²) in [6.07, 6.45) is 2.41. The van der Waals surface area contributed by atoms with Crippen LogP contribution in [0.5, 0.6) is 0 Å². The summed E-state index contributed by atoms with van der Waals surface area (Å²) in [6, 6.07) is -1.93. The van der Waals surface area contributed by atoms with Gasteiger partial charge in [-0.05, 0) is 26.7 Å². The summed E-state index contributed by atoms with van der Waals surface area (Å²) in [6.45, 7) is -0.710. The Labute approximate surface area is 97.5 Å². The molecule has 2 unspecified atom stereocenters. The van der Waals surface area contributed by atoms with Crippen molar-refractivity contribution in [1.82, 2.24) is 15.3 Å². The number of aromatic nitrogens is 2. The van der Waals surface area contributed by atoms with Crippen molar-refractivity contribution >= 4 is 0 Å². The van der Waals surface area contributed by atoms with Gasteiger partial charge in [-0.3, -0.25) is 15.1 Å². The zero-order valence-corrected chi connectivity index (χ0v) is 8.80. The summed E-state index contributed by atoms with van der Waals surface area (Å²) < 4.78 is 21.6. The van der Waals surface area contributed by atoms with E-state index in [4.69, 9.17) is 4.11 Å². The van der Waals surface area contributed by atoms with Gasteiger partial charge in [-0.1, -0.05) is 0 Å². The zero-order valence-electron chi connectivity index (χ0n) is 11.8. The number of nitro groups is 1. The molecule has 6 nitrogen and oxygen atoms in total. The molecule has 86 valence electrons. The van der Waals surface area contributed by atoms with Gasteiger partial charge in [0.2, 0.25) is 0 Å². The lowest BCUT2D eigenvalue weighted by atomic mass is 9.91. The standard InChI is InChI=1S/C10H14N4O2/c1-6-5-12-7-3-4-8(11-2)10(14(15)16)9(7)13-6/h5,8,10-11H,3-4H2,1-2H3/i2D3. The van der Waals surface area contributed by atoms with Gasteiger partial charge in [0, 0.05) is 15.2 Å². The largest absolute Gasteiger partial charge is 0.311 e. The molecule has 0 aliphatic heterocycles. The number of nitrogens with one attached hydrogen (secondary N) is 1. The van der Waals surface area contributed by atoms with Crippen LogP contribution in [0.2, 0.25) is 0 Å². The molecular weight excluding hydrogens is 208 g/mol. The summed E-state index contributed by atoms with van der Waals surface area (Å²) in [7, 11) is 0. The molecule has 2 rings (SSSR count). The van der Waals surface area contributed by atoms with Gasteiger partial charge in [0.25, 0.3) is 6.04 Å². The third-order valence-electron chi connectivity index (χ3n) is 2.77. The topological polar surface area (TPSA) is 81.0 Å². The summed E-state index contributed by atoms with van der Waals surface area (Å²) in [5.41, 5.74) is 1.44. The molecule has 0 saturated carbocycles. The van der Waals surface area contributed by atoms with Gasteiger partial charge in [0.1, 0.15) is 5.69 Å². The van der Waals surface area contributed by atoms with E-state index < -0.39 is 24.0 Å². The average Bonchev–Trinajstić information content (AvgIpc) is 2.25. The SMILES string of the molecule is [2H]C([2H])([2H])NC1CCc2ncc(C)nc2C1[N+](=O)[O-]. The van der Waals surface area contributed by atoms with E-state index >= 15 is 0 Å². The monoisotopic (exact) mass is 225 g/mol. The van der Waals surface area contributed by atoms with Crippen molar-refractivity contribution in [3.8, 4) is 0 Å². The normalized spacial score (nSPS) is 27.4. The summed E-state index contributed by atoms with van der Waals surface area (Å²) in [5.74, 6) is 0. The third kappa shape index (κ3) is 1.76. The first-order chi connectivity index (χ1) is 8.78. The first kappa shape index (κ1) is 7.67. The molecule has 16 heavy (non-hydrogen) atoms. The molecule has 6 heteroatoms. The zero-order chi connectivity index (χ0) is 14.2. The molecule has 0 bridgehead atoms. The Bertz CT molecular complexity index is 506. The van der Waals surface area contributed by atoms with Crippen LogP contribution in [-0.4, -0.2) is 27.9 Å². The molecule has 1 aromatic heterocycles. The van der Waals surface area contributed by atoms with E-state index in [1.54, 1.807) is 13.1 Å². The van der Waals surface area contributed by atoms with Gasteiger partial charge in [-0.25, -0.2) is 4.98 Å². The fraction of sp³-hybridized carbons (Fsp3) is 0.600. The van der Waals surface area contributed by atoms with E-state index in [0.29, 0.717) is 24.2 Å². The van der Waals surface area contributed by atoms with Crippen LogP contribution in [0.25, 0.3) is 0 Å². The highest BCUT2D eigenvalue weighted by Crippen LogP contribution is 2.29. The number of fused-ring (bicyclic) bond motifs is 1. The Hall–Kier alpha value is -1.56. The van der Waals surface area contributed by atoms with E-state index in [9.17, 15) is 10.1 Å². The van der Waals surface area contributed by atoms with E-state index in [2.05, 4.69) is 15.3 Å². The predicted octanol–water partition coefficient (Wildman–Crippen LogP) is 0.637. The molecule has 0 saturated heterocycles. The van der Waals surface area contributed by atoms with Crippen LogP contribution in [0, 0.1) is 17.0 Å². The van der Waals surface area contributed by atoms with Crippen LogP contribution in [-0.2, 0) is 6.42 Å². The predicted molar refractivity (Wildman–Crippen MR) is 57.7 cm³/mol. The molecule has 2 atom stereocenters. The van der Waals surface area contributed by atoms with Gasteiger partial charge in [-0.15, -0.1) is 0 Å². The van der Waals surface area contributed by atoms with Crippen LogP contribution >= 0.6 is 0 Å². The van der Waals surface area contributed by atoms with Crippen molar-refractivity contribution in [1.29, 1.82) is 0 Å². The Kier molecular flexibility index (Phi) is 1.98. The van der Waals surface area contributed by atoms with E-state index in [1.807, 2.05) is 0 Å². The number of rotatable bonds is 2. The Morgan fingerprint density at radius 1 is 1.75 bits per heavy atom. The van der Waals surface area contributed by atoms with Gasteiger partial charge in [0.05, 0.1) is 17.4 Å². The fourth-order valence-electron chi connectivity index (χ4n) is 1.99. The van der Waals surface area contributed by atoms with Crippen LogP contribution in [0.3, 0.4) is 0 Å². The molecule has 1 heterocycles. The number of nitrogens with zero attached hydrogens (tertiary/aromatic N) is 3. The van der Waals surface area contributed by atoms with Crippen molar-refractivity contribution in [3.63, 3.8) is 0 Å². The second-order valence-corrected chi connectivity index (χ2v) is 3.86. The number of aryl methyl sites for hydroxylation is 2. The molecule has 1 aliphatic carbocycles. The van der Waals surface area contributed by atoms with Crippen molar-refractivity contribution in [2.24, 2.45) is 0 Å². The molecule has 0 fully saturated rings. The summed E-state index contributed by atoms with van der Waals surface area (Å²) in [5, 5.41) is 13.6. The molecule has 1 aliphatic rings. The highest BCUT2D eigenvalue weighted by molar-refractivity contribution is 5.21. The molecule has 0 aromatic carbocycles. The summed E-state index contributed by atoms with van der Waals surface area (Å²) in [4.78, 5) is 19.1. The minimum atomic E-state index is -2.41. The average molecular weight is 225 g/mol. The minimum absolute atomic E-state index is 0.276. The van der Waals surface area contributed by atoms with E-state index in [1.165, 1.54) is 0 Å². The van der Waals surface area contributed by atoms with Crippen molar-refractivity contribution in [3.05, 3.63) is 33.4 Å². The maximum Gasteiger partial charge on any atom is 0.271 e. The molecule has 0 amide bonds. The smallest absolute Gasteiger partial charge is 0.271 e. The first-order valence-electron chi connectivity index (χ1n) is 6.51. The Morgan fingerprint density at radius 3 is 3.25 bits per heavy atom.